The molecule has 0 aromatic carbocycles. The highest BCUT2D eigenvalue weighted by Crippen LogP contribution is 2.40. The first-order valence-electron chi connectivity index (χ1n) is 5.94. The van der Waals surface area contributed by atoms with Crippen LogP contribution in [0.15, 0.2) is 12.3 Å². The summed E-state index contributed by atoms with van der Waals surface area (Å²) in [6.07, 6.45) is 5.72. The summed E-state index contributed by atoms with van der Waals surface area (Å²) >= 11 is 0. The van der Waals surface area contributed by atoms with Gasteiger partial charge in [-0.05, 0) is 31.6 Å². The van der Waals surface area contributed by atoms with Gasteiger partial charge in [-0.2, -0.15) is 0 Å². The van der Waals surface area contributed by atoms with Gasteiger partial charge in [-0.1, -0.05) is 27.4 Å². The Hall–Kier alpha value is -0.460. The van der Waals surface area contributed by atoms with Crippen LogP contribution >= 0.6 is 0 Å². The van der Waals surface area contributed by atoms with Gasteiger partial charge < -0.3 is 4.90 Å². The van der Waals surface area contributed by atoms with Gasteiger partial charge in [-0.25, -0.2) is 0 Å². The molecule has 3 rings (SSSR count). The van der Waals surface area contributed by atoms with Crippen molar-refractivity contribution in [1.29, 1.82) is 0 Å². The zero-order valence-corrected chi connectivity index (χ0v) is 9.84. The molecule has 0 unspecified atom stereocenters. The lowest BCUT2D eigenvalue weighted by atomic mass is 9.78. The molecule has 0 aromatic rings. The van der Waals surface area contributed by atoms with E-state index in [2.05, 4.69) is 32.3 Å². The molecule has 2 aliphatic heterocycles. The maximum absolute atomic E-state index is 4.29. The van der Waals surface area contributed by atoms with E-state index in [4.69, 9.17) is 0 Å². The third-order valence-corrected chi connectivity index (χ3v) is 3.92. The molecule has 1 aliphatic carbocycles. The standard InChI is InChI=1S/C13H23N/c1-10(13(2,3)4)14-9-11-5-7-12(14)8-6-11/h11-12H,1,5-9H2,2-4H3. The Morgan fingerprint density at radius 2 is 1.71 bits per heavy atom. The van der Waals surface area contributed by atoms with Crippen LogP contribution in [0.4, 0.5) is 0 Å². The van der Waals surface area contributed by atoms with Crippen LogP contribution in [0.1, 0.15) is 46.5 Å². The molecule has 2 heterocycles. The van der Waals surface area contributed by atoms with Gasteiger partial charge in [0.2, 0.25) is 0 Å². The van der Waals surface area contributed by atoms with Crippen molar-refractivity contribution >= 4 is 0 Å². The lowest BCUT2D eigenvalue weighted by Crippen LogP contribution is -2.49. The fourth-order valence-electron chi connectivity index (χ4n) is 2.83. The lowest BCUT2D eigenvalue weighted by Gasteiger charge is -2.50. The summed E-state index contributed by atoms with van der Waals surface area (Å²) in [6.45, 7) is 12.4. The second-order valence-electron chi connectivity index (χ2n) is 6.02. The Kier molecular flexibility index (Phi) is 2.36. The summed E-state index contributed by atoms with van der Waals surface area (Å²) in [5.41, 5.74) is 1.60. The van der Waals surface area contributed by atoms with Gasteiger partial charge in [0.25, 0.3) is 0 Å². The molecule has 1 saturated carbocycles. The predicted molar refractivity (Wildman–Crippen MR) is 61.0 cm³/mol. The van der Waals surface area contributed by atoms with E-state index in [-0.39, 0.29) is 5.41 Å². The summed E-state index contributed by atoms with van der Waals surface area (Å²) in [4.78, 5) is 2.59. The van der Waals surface area contributed by atoms with Crippen molar-refractivity contribution in [3.05, 3.63) is 12.3 Å². The molecule has 14 heavy (non-hydrogen) atoms. The van der Waals surface area contributed by atoms with Crippen LogP contribution in [0.3, 0.4) is 0 Å². The second kappa shape index (κ2) is 3.29. The summed E-state index contributed by atoms with van der Waals surface area (Å²) < 4.78 is 0. The van der Waals surface area contributed by atoms with Crippen LogP contribution in [0.5, 0.6) is 0 Å². The molecule has 2 bridgehead atoms. The number of piperidine rings is 2. The third-order valence-electron chi connectivity index (χ3n) is 3.92. The van der Waals surface area contributed by atoms with Gasteiger partial charge in [0.1, 0.15) is 0 Å². The molecule has 0 N–H and O–H groups in total. The van der Waals surface area contributed by atoms with E-state index < -0.39 is 0 Å². The topological polar surface area (TPSA) is 3.24 Å². The second-order valence-corrected chi connectivity index (χ2v) is 6.02. The number of nitrogens with zero attached hydrogens (tertiary/aromatic N) is 1. The summed E-state index contributed by atoms with van der Waals surface area (Å²) in [6, 6.07) is 0.812. The van der Waals surface area contributed by atoms with E-state index in [1.165, 1.54) is 37.9 Å². The molecule has 0 aromatic heterocycles. The van der Waals surface area contributed by atoms with Crippen molar-refractivity contribution in [2.24, 2.45) is 11.3 Å². The van der Waals surface area contributed by atoms with Crippen molar-refractivity contribution in [3.8, 4) is 0 Å². The van der Waals surface area contributed by atoms with Crippen LogP contribution in [0, 0.1) is 11.3 Å². The minimum atomic E-state index is 0.248. The number of hydrogen-bond donors (Lipinski definition) is 0. The molecule has 0 atom stereocenters. The van der Waals surface area contributed by atoms with Crippen molar-refractivity contribution in [2.45, 2.75) is 52.5 Å². The number of fused-ring (bicyclic) bond motifs is 3. The SMILES string of the molecule is C=C(N1CC2CCC1CC2)C(C)(C)C. The number of allylic oxidation sites excluding steroid dienone is 1. The lowest BCUT2D eigenvalue weighted by molar-refractivity contribution is 0.0617. The first kappa shape index (κ1) is 10.1. The predicted octanol–water partition coefficient (Wildman–Crippen LogP) is 3.42. The van der Waals surface area contributed by atoms with Crippen molar-refractivity contribution in [2.75, 3.05) is 6.54 Å². The van der Waals surface area contributed by atoms with Gasteiger partial charge in [0.15, 0.2) is 0 Å². The molecule has 0 spiro atoms. The van der Waals surface area contributed by atoms with Crippen LogP contribution in [0.2, 0.25) is 0 Å². The van der Waals surface area contributed by atoms with Crippen molar-refractivity contribution < 1.29 is 0 Å². The van der Waals surface area contributed by atoms with E-state index in [1.807, 2.05) is 0 Å². The van der Waals surface area contributed by atoms with Crippen LogP contribution in [-0.4, -0.2) is 17.5 Å². The molecule has 3 aliphatic rings. The van der Waals surface area contributed by atoms with Gasteiger partial charge in [-0.15, -0.1) is 0 Å². The van der Waals surface area contributed by atoms with Crippen molar-refractivity contribution in [3.63, 3.8) is 0 Å². The maximum atomic E-state index is 4.29. The minimum Gasteiger partial charge on any atom is -0.372 e. The molecule has 0 radical (unpaired) electrons. The molecule has 0 amide bonds. The van der Waals surface area contributed by atoms with Crippen molar-refractivity contribution in [1.82, 2.24) is 4.90 Å². The van der Waals surface area contributed by atoms with Crippen LogP contribution in [0.25, 0.3) is 0 Å². The van der Waals surface area contributed by atoms with Gasteiger partial charge in [0.05, 0.1) is 0 Å². The Morgan fingerprint density at radius 3 is 2.07 bits per heavy atom. The monoisotopic (exact) mass is 193 g/mol. The molecule has 1 nitrogen and oxygen atoms in total. The summed E-state index contributed by atoms with van der Waals surface area (Å²) in [5, 5.41) is 0. The highest BCUT2D eigenvalue weighted by atomic mass is 15.2. The average molecular weight is 193 g/mol. The Balaban J connectivity index is 2.09. The quantitative estimate of drug-likeness (QED) is 0.617. The normalized spacial score (nSPS) is 32.1. The van der Waals surface area contributed by atoms with Crippen LogP contribution < -0.4 is 0 Å². The zero-order chi connectivity index (χ0) is 10.3. The molecule has 3 fully saturated rings. The zero-order valence-electron chi connectivity index (χ0n) is 9.84. The fraction of sp³-hybridized carbons (Fsp3) is 0.846. The fourth-order valence-corrected chi connectivity index (χ4v) is 2.83. The highest BCUT2D eigenvalue weighted by molar-refractivity contribution is 5.09. The first-order chi connectivity index (χ1) is 6.48. The Morgan fingerprint density at radius 1 is 1.14 bits per heavy atom. The molecular weight excluding hydrogens is 170 g/mol. The average Bonchev–Trinajstić information content (AvgIpc) is 2.17. The van der Waals surface area contributed by atoms with E-state index in [9.17, 15) is 0 Å². The van der Waals surface area contributed by atoms with Crippen LogP contribution in [-0.2, 0) is 0 Å². The van der Waals surface area contributed by atoms with E-state index in [0.29, 0.717) is 0 Å². The molecule has 2 saturated heterocycles. The first-order valence-corrected chi connectivity index (χ1v) is 5.94. The van der Waals surface area contributed by atoms with Gasteiger partial charge in [-0.3, -0.25) is 0 Å². The maximum Gasteiger partial charge on any atom is 0.0287 e. The third kappa shape index (κ3) is 1.69. The number of rotatable bonds is 1. The largest absolute Gasteiger partial charge is 0.372 e. The molecular formula is C13H23N. The summed E-state index contributed by atoms with van der Waals surface area (Å²) in [5.74, 6) is 0.957. The smallest absolute Gasteiger partial charge is 0.0287 e. The summed E-state index contributed by atoms with van der Waals surface area (Å²) in [7, 11) is 0. The van der Waals surface area contributed by atoms with Gasteiger partial charge >= 0.3 is 0 Å². The Labute approximate surface area is 88.2 Å². The van der Waals surface area contributed by atoms with E-state index >= 15 is 0 Å². The van der Waals surface area contributed by atoms with E-state index in [0.717, 1.165) is 12.0 Å². The van der Waals surface area contributed by atoms with E-state index in [1.54, 1.807) is 0 Å². The molecule has 80 valence electrons. The molecule has 1 heteroatoms. The Bertz CT molecular complexity index is 228. The minimum absolute atomic E-state index is 0.248. The number of hydrogen-bond acceptors (Lipinski definition) is 1. The highest BCUT2D eigenvalue weighted by Gasteiger charge is 2.36. The van der Waals surface area contributed by atoms with Gasteiger partial charge in [0, 0.05) is 23.7 Å².